The molecule has 2 aliphatic rings. The Balaban J connectivity index is 1.88. The number of amides is 2. The molecule has 3 rings (SSSR count). The number of fused-ring (bicyclic) bond motifs is 4. The Kier molecular flexibility index (Phi) is 5.85. The fourth-order valence-corrected chi connectivity index (χ4v) is 3.74. The molecule has 0 radical (unpaired) electrons. The van der Waals surface area contributed by atoms with E-state index in [1.165, 1.54) is 11.1 Å². The molecule has 4 N–H and O–H groups in total. The van der Waals surface area contributed by atoms with E-state index in [9.17, 15) is 13.2 Å². The summed E-state index contributed by atoms with van der Waals surface area (Å²) < 4.78 is 37.5. The fraction of sp³-hybridized carbons (Fsp3) is 0.643. The summed E-state index contributed by atoms with van der Waals surface area (Å²) in [4.78, 5) is 23.8. The van der Waals surface area contributed by atoms with Crippen molar-refractivity contribution in [2.45, 2.75) is 24.9 Å². The number of hydroxylamine groups is 3. The minimum absolute atomic E-state index is 0.131. The van der Waals surface area contributed by atoms with Crippen LogP contribution in [-0.4, -0.2) is 71.3 Å². The Morgan fingerprint density at radius 3 is 2.89 bits per heavy atom. The van der Waals surface area contributed by atoms with Gasteiger partial charge in [-0.25, -0.2) is 4.79 Å². The zero-order valence-corrected chi connectivity index (χ0v) is 16.3. The molecule has 0 unspecified atom stereocenters. The van der Waals surface area contributed by atoms with Crippen LogP contribution in [0.1, 0.15) is 36.2 Å². The lowest BCUT2D eigenvalue weighted by molar-refractivity contribution is -0.0316. The number of aliphatic imine (C=N–C) groups is 1. The molecule has 1 fully saturated rings. The number of carbonyl (C=O) groups excluding carboxylic acids is 1. The average molecular weight is 417 g/mol. The highest BCUT2D eigenvalue weighted by molar-refractivity contribution is 7.80. The van der Waals surface area contributed by atoms with Crippen LogP contribution in [0, 0.1) is 0 Å². The number of aryl methyl sites for hydroxylation is 1. The summed E-state index contributed by atoms with van der Waals surface area (Å²) >= 11 is 0. The van der Waals surface area contributed by atoms with Gasteiger partial charge in [0.15, 0.2) is 0 Å². The van der Waals surface area contributed by atoms with Crippen LogP contribution < -0.4 is 11.2 Å². The van der Waals surface area contributed by atoms with Crippen LogP contribution in [0.25, 0.3) is 0 Å². The highest BCUT2D eigenvalue weighted by Gasteiger charge is 2.53. The number of unbranched alkanes of at least 4 members (excludes halogenated alkanes) is 1. The Morgan fingerprint density at radius 2 is 2.25 bits per heavy atom. The topological polar surface area (TPSA) is 165 Å². The van der Waals surface area contributed by atoms with E-state index in [0.717, 1.165) is 12.8 Å². The van der Waals surface area contributed by atoms with Crippen LogP contribution >= 0.6 is 0 Å². The van der Waals surface area contributed by atoms with Crippen LogP contribution in [0.15, 0.2) is 11.2 Å². The third kappa shape index (κ3) is 3.81. The zero-order valence-electron chi connectivity index (χ0n) is 15.5. The number of aromatic nitrogens is 2. The molecule has 0 saturated carbocycles. The maximum atomic E-state index is 12.8. The summed E-state index contributed by atoms with van der Waals surface area (Å²) in [6.45, 7) is 1.09. The first-order valence-corrected chi connectivity index (χ1v) is 9.98. The van der Waals surface area contributed by atoms with Gasteiger partial charge in [-0.3, -0.25) is 24.5 Å². The van der Waals surface area contributed by atoms with Gasteiger partial charge in [-0.05, 0) is 19.4 Å². The molecule has 2 amide bonds. The minimum Gasteiger partial charge on any atom is -0.330 e. The van der Waals surface area contributed by atoms with Crippen molar-refractivity contribution < 1.29 is 26.9 Å². The van der Waals surface area contributed by atoms with Gasteiger partial charge in [0.05, 0.1) is 25.0 Å². The summed E-state index contributed by atoms with van der Waals surface area (Å²) in [5.74, 6) is 0.345. The molecular formula is C14H23N7O6S. The van der Waals surface area contributed by atoms with Crippen LogP contribution in [0.2, 0.25) is 0 Å². The van der Waals surface area contributed by atoms with E-state index < -0.39 is 28.5 Å². The first-order chi connectivity index (χ1) is 13.3. The number of amidine groups is 1. The largest absolute Gasteiger partial charge is 0.418 e. The number of nitrogens with zero attached hydrogens (tertiary/aromatic N) is 5. The van der Waals surface area contributed by atoms with Crippen molar-refractivity contribution in [3.63, 3.8) is 0 Å². The summed E-state index contributed by atoms with van der Waals surface area (Å²) in [6.07, 6.45) is 3.09. The molecule has 156 valence electrons. The molecule has 3 heterocycles. The number of hydrogen-bond donors (Lipinski definition) is 3. The smallest absolute Gasteiger partial charge is 0.330 e. The predicted octanol–water partition coefficient (Wildman–Crippen LogP) is -0.724. The van der Waals surface area contributed by atoms with E-state index >= 15 is 0 Å². The van der Waals surface area contributed by atoms with Gasteiger partial charge in [0.1, 0.15) is 17.9 Å². The van der Waals surface area contributed by atoms with Crippen molar-refractivity contribution >= 4 is 22.3 Å². The van der Waals surface area contributed by atoms with Gasteiger partial charge in [-0.15, -0.1) is 4.28 Å². The van der Waals surface area contributed by atoms with Crippen molar-refractivity contribution in [2.24, 2.45) is 17.8 Å². The summed E-state index contributed by atoms with van der Waals surface area (Å²) in [7, 11) is -1.63. The molecule has 14 heteroatoms. The van der Waals surface area contributed by atoms with Gasteiger partial charge < -0.3 is 10.6 Å². The number of rotatable bonds is 8. The number of carbonyl (C=O) groups is 1. The van der Waals surface area contributed by atoms with Crippen LogP contribution in [0.4, 0.5) is 4.79 Å². The highest BCUT2D eigenvalue weighted by Crippen LogP contribution is 2.44. The molecule has 1 aromatic heterocycles. The van der Waals surface area contributed by atoms with Crippen molar-refractivity contribution in [1.29, 1.82) is 0 Å². The van der Waals surface area contributed by atoms with Crippen LogP contribution in [-0.2, 0) is 26.6 Å². The van der Waals surface area contributed by atoms with E-state index in [-0.39, 0.29) is 6.54 Å². The lowest BCUT2D eigenvalue weighted by Gasteiger charge is -2.32. The lowest BCUT2D eigenvalue weighted by Crippen LogP contribution is -2.44. The van der Waals surface area contributed by atoms with Crippen molar-refractivity contribution in [3.05, 3.63) is 17.5 Å². The normalized spacial score (nSPS) is 22.0. The van der Waals surface area contributed by atoms with Gasteiger partial charge in [0.2, 0.25) is 0 Å². The van der Waals surface area contributed by atoms with Crippen molar-refractivity contribution in [3.8, 4) is 0 Å². The van der Waals surface area contributed by atoms with E-state index in [4.69, 9.17) is 15.1 Å². The monoisotopic (exact) mass is 417 g/mol. The van der Waals surface area contributed by atoms with Gasteiger partial charge in [-0.2, -0.15) is 18.6 Å². The summed E-state index contributed by atoms with van der Waals surface area (Å²) in [6, 6.07) is -2.16. The fourth-order valence-electron chi connectivity index (χ4n) is 3.37. The standard InChI is InChI=1S/C14H23N7O6S/c1-16-13(18-26-6-4-3-5-15)12-11-9(7-17-19(11)2)10-8-20(12)14(22)21(10)27-28(23,24)25/h7,10,12H,3-6,8,15H2,1-2H3,(H,16,18)(H,23,24,25)/t10-,12-/m0/s1. The van der Waals surface area contributed by atoms with E-state index in [2.05, 4.69) is 19.9 Å². The molecule has 1 saturated heterocycles. The van der Waals surface area contributed by atoms with Gasteiger partial charge in [-0.1, -0.05) is 0 Å². The quantitative estimate of drug-likeness (QED) is 0.163. The highest BCUT2D eigenvalue weighted by atomic mass is 32.3. The average Bonchev–Trinajstić information content (AvgIpc) is 3.13. The first kappa shape index (κ1) is 20.5. The first-order valence-electron chi connectivity index (χ1n) is 8.61. The maximum Gasteiger partial charge on any atom is 0.418 e. The Morgan fingerprint density at radius 1 is 1.50 bits per heavy atom. The Bertz CT molecular complexity index is 870. The molecule has 2 aliphatic heterocycles. The van der Waals surface area contributed by atoms with Gasteiger partial charge in [0.25, 0.3) is 0 Å². The van der Waals surface area contributed by atoms with E-state index in [0.29, 0.717) is 35.3 Å². The zero-order chi connectivity index (χ0) is 20.5. The van der Waals surface area contributed by atoms with Crippen LogP contribution in [0.5, 0.6) is 0 Å². The second-order valence-electron chi connectivity index (χ2n) is 6.35. The van der Waals surface area contributed by atoms with Gasteiger partial charge in [0, 0.05) is 19.7 Å². The van der Waals surface area contributed by atoms with Crippen molar-refractivity contribution in [2.75, 3.05) is 26.7 Å². The third-order valence-corrected chi connectivity index (χ3v) is 4.93. The minimum atomic E-state index is -4.87. The molecule has 0 aliphatic carbocycles. The van der Waals surface area contributed by atoms with Crippen molar-refractivity contribution in [1.82, 2.24) is 25.2 Å². The SMILES string of the molecule is CN=C(NOCCCCN)[C@@H]1c2c(cnn2C)[C@@H]2CN1C(=O)N2OS(=O)(=O)O. The maximum absolute atomic E-state index is 12.8. The van der Waals surface area contributed by atoms with Gasteiger partial charge >= 0.3 is 16.4 Å². The Labute approximate surface area is 161 Å². The summed E-state index contributed by atoms with van der Waals surface area (Å²) in [5, 5.41) is 4.84. The molecule has 2 bridgehead atoms. The van der Waals surface area contributed by atoms with E-state index in [1.54, 1.807) is 18.8 Å². The predicted molar refractivity (Wildman–Crippen MR) is 96.0 cm³/mol. The lowest BCUT2D eigenvalue weighted by atomic mass is 9.97. The Hall–Kier alpha value is -2.26. The molecule has 0 spiro atoms. The molecule has 1 aromatic rings. The van der Waals surface area contributed by atoms with E-state index in [1.807, 2.05) is 0 Å². The second kappa shape index (κ2) is 8.00. The summed E-state index contributed by atoms with van der Waals surface area (Å²) in [5.41, 5.74) is 9.44. The third-order valence-electron chi connectivity index (χ3n) is 4.58. The number of nitrogens with two attached hydrogens (primary N) is 1. The second-order valence-corrected chi connectivity index (χ2v) is 7.35. The molecular weight excluding hydrogens is 394 g/mol. The molecule has 2 atom stereocenters. The number of nitrogens with one attached hydrogen (secondary N) is 1. The number of urea groups is 1. The van der Waals surface area contributed by atoms with Crippen LogP contribution in [0.3, 0.4) is 0 Å². The molecule has 0 aromatic carbocycles. The molecule has 28 heavy (non-hydrogen) atoms. The number of hydrogen-bond acceptors (Lipinski definition) is 8. The molecule has 13 nitrogen and oxygen atoms in total.